The summed E-state index contributed by atoms with van der Waals surface area (Å²) >= 11 is 9.13. The monoisotopic (exact) mass is 271 g/mol. The normalized spacial score (nSPS) is 10.6. The maximum atomic E-state index is 8.92. The highest BCUT2D eigenvalue weighted by Crippen LogP contribution is 2.26. The fourth-order valence-corrected chi connectivity index (χ4v) is 3.18. The molecule has 0 spiro atoms. The third-order valence-corrected chi connectivity index (χ3v) is 4.32. The molecule has 2 rings (SSSR count). The summed E-state index contributed by atoms with van der Waals surface area (Å²) in [7, 11) is 0. The zero-order valence-corrected chi connectivity index (χ0v) is 10.8. The highest BCUT2D eigenvalue weighted by atomic mass is 35.5. The van der Waals surface area contributed by atoms with Gasteiger partial charge in [-0.1, -0.05) is 17.7 Å². The molecule has 84 valence electrons. The maximum Gasteiger partial charge on any atom is 0.103 e. The van der Waals surface area contributed by atoms with Gasteiger partial charge in [-0.05, 0) is 18.2 Å². The molecule has 0 amide bonds. The molecule has 0 bridgehead atoms. The summed E-state index contributed by atoms with van der Waals surface area (Å²) in [4.78, 5) is 6.27. The number of benzene rings is 1. The van der Waals surface area contributed by atoms with E-state index in [-0.39, 0.29) is 6.61 Å². The van der Waals surface area contributed by atoms with Gasteiger partial charge in [0.25, 0.3) is 0 Å². The van der Waals surface area contributed by atoms with Gasteiger partial charge in [-0.25, -0.2) is 4.98 Å². The molecule has 0 unspecified atom stereocenters. The quantitative estimate of drug-likeness (QED) is 0.863. The van der Waals surface area contributed by atoms with Crippen LogP contribution in [0.15, 0.2) is 35.4 Å². The zero-order valence-electron chi connectivity index (χ0n) is 8.39. The zero-order chi connectivity index (χ0) is 11.4. The number of rotatable bonds is 4. The maximum absolute atomic E-state index is 8.92. The molecule has 0 aliphatic carbocycles. The van der Waals surface area contributed by atoms with Crippen LogP contribution in [0.3, 0.4) is 0 Å². The van der Waals surface area contributed by atoms with Crippen molar-refractivity contribution in [3.63, 3.8) is 0 Å². The Balaban J connectivity index is 1.96. The Bertz CT molecular complexity index is 473. The molecular formula is C11H10ClNOS2. The van der Waals surface area contributed by atoms with Gasteiger partial charge in [-0.15, -0.1) is 23.1 Å². The van der Waals surface area contributed by atoms with Crippen molar-refractivity contribution in [1.29, 1.82) is 0 Å². The smallest absolute Gasteiger partial charge is 0.103 e. The molecule has 0 aliphatic rings. The summed E-state index contributed by atoms with van der Waals surface area (Å²) in [5.41, 5.74) is 0. The number of thioether (sulfide) groups is 1. The van der Waals surface area contributed by atoms with Crippen LogP contribution in [0, 0.1) is 0 Å². The van der Waals surface area contributed by atoms with Crippen LogP contribution in [0.1, 0.15) is 9.88 Å². The van der Waals surface area contributed by atoms with Crippen LogP contribution < -0.4 is 0 Å². The van der Waals surface area contributed by atoms with Crippen molar-refractivity contribution in [1.82, 2.24) is 4.98 Å². The number of hydrogen-bond donors (Lipinski definition) is 1. The summed E-state index contributed by atoms with van der Waals surface area (Å²) in [5, 5.41) is 10.7. The number of aromatic nitrogens is 1. The number of nitrogens with zero attached hydrogens (tertiary/aromatic N) is 1. The van der Waals surface area contributed by atoms with Crippen molar-refractivity contribution in [3.05, 3.63) is 45.4 Å². The molecule has 0 saturated heterocycles. The molecule has 0 fully saturated rings. The van der Waals surface area contributed by atoms with Crippen LogP contribution in [0.2, 0.25) is 5.02 Å². The first-order chi connectivity index (χ1) is 7.78. The lowest BCUT2D eigenvalue weighted by atomic mass is 10.4. The first kappa shape index (κ1) is 11.9. The number of halogens is 1. The van der Waals surface area contributed by atoms with E-state index in [0.29, 0.717) is 0 Å². The Morgan fingerprint density at radius 1 is 1.44 bits per heavy atom. The molecule has 5 heteroatoms. The molecule has 0 radical (unpaired) electrons. The largest absolute Gasteiger partial charge is 0.391 e. The fourth-order valence-electron chi connectivity index (χ4n) is 1.19. The topological polar surface area (TPSA) is 33.1 Å². The predicted octanol–water partition coefficient (Wildman–Crippen LogP) is 3.58. The van der Waals surface area contributed by atoms with E-state index < -0.39 is 0 Å². The highest BCUT2D eigenvalue weighted by molar-refractivity contribution is 7.98. The van der Waals surface area contributed by atoms with E-state index in [2.05, 4.69) is 4.98 Å². The second-order valence-corrected chi connectivity index (χ2v) is 5.81. The fraction of sp³-hybridized carbons (Fsp3) is 0.182. The molecule has 1 aromatic carbocycles. The minimum absolute atomic E-state index is 0.0689. The lowest BCUT2D eigenvalue weighted by molar-refractivity contribution is 0.285. The van der Waals surface area contributed by atoms with E-state index in [1.54, 1.807) is 29.3 Å². The van der Waals surface area contributed by atoms with Gasteiger partial charge in [0.15, 0.2) is 0 Å². The Labute approximate surface area is 107 Å². The Hall–Kier alpha value is -0.550. The molecule has 0 atom stereocenters. The predicted molar refractivity (Wildman–Crippen MR) is 69.0 cm³/mol. The van der Waals surface area contributed by atoms with Crippen LogP contribution in [-0.2, 0) is 12.4 Å². The first-order valence-corrected chi connectivity index (χ1v) is 6.89. The van der Waals surface area contributed by atoms with E-state index >= 15 is 0 Å². The number of thiazole rings is 1. The molecule has 0 saturated carbocycles. The van der Waals surface area contributed by atoms with Gasteiger partial charge in [0, 0.05) is 16.1 Å². The number of hydrogen-bond acceptors (Lipinski definition) is 4. The lowest BCUT2D eigenvalue weighted by Gasteiger charge is -1.99. The lowest BCUT2D eigenvalue weighted by Crippen LogP contribution is -1.77. The average molecular weight is 272 g/mol. The second-order valence-electron chi connectivity index (χ2n) is 3.12. The van der Waals surface area contributed by atoms with Gasteiger partial charge in [-0.2, -0.15) is 0 Å². The minimum Gasteiger partial charge on any atom is -0.391 e. The van der Waals surface area contributed by atoms with Gasteiger partial charge in [0.1, 0.15) is 5.01 Å². The molecular weight excluding hydrogens is 262 g/mol. The standard InChI is InChI=1S/C11H10ClNOS2/c12-8-2-1-3-9(4-8)15-7-11-13-5-10(6-14)16-11/h1-5,14H,6-7H2. The average Bonchev–Trinajstić information content (AvgIpc) is 2.74. The summed E-state index contributed by atoms with van der Waals surface area (Å²) in [6.45, 7) is 0.0689. The third kappa shape index (κ3) is 3.22. The van der Waals surface area contributed by atoms with Gasteiger partial charge in [-0.3, -0.25) is 0 Å². The SMILES string of the molecule is OCc1cnc(CSc2cccc(Cl)c2)s1. The van der Waals surface area contributed by atoms with Crippen molar-refractivity contribution in [2.75, 3.05) is 0 Å². The van der Waals surface area contributed by atoms with Gasteiger partial charge in [0.2, 0.25) is 0 Å². The van der Waals surface area contributed by atoms with E-state index in [9.17, 15) is 0 Å². The Kier molecular flexibility index (Phi) is 4.23. The third-order valence-electron chi connectivity index (χ3n) is 1.92. The van der Waals surface area contributed by atoms with Crippen LogP contribution in [0.4, 0.5) is 0 Å². The van der Waals surface area contributed by atoms with E-state index in [4.69, 9.17) is 16.7 Å². The van der Waals surface area contributed by atoms with E-state index in [1.165, 1.54) is 0 Å². The molecule has 2 nitrogen and oxygen atoms in total. The minimum atomic E-state index is 0.0689. The van der Waals surface area contributed by atoms with Crippen molar-refractivity contribution in [2.45, 2.75) is 17.3 Å². The number of aliphatic hydroxyl groups is 1. The molecule has 1 N–H and O–H groups in total. The van der Waals surface area contributed by atoms with Crippen molar-refractivity contribution < 1.29 is 5.11 Å². The van der Waals surface area contributed by atoms with Crippen molar-refractivity contribution >= 4 is 34.7 Å². The molecule has 2 aromatic rings. The highest BCUT2D eigenvalue weighted by Gasteiger charge is 2.02. The Morgan fingerprint density at radius 3 is 3.00 bits per heavy atom. The molecule has 1 heterocycles. The van der Waals surface area contributed by atoms with E-state index in [0.717, 1.165) is 25.6 Å². The molecule has 1 aromatic heterocycles. The summed E-state index contributed by atoms with van der Waals surface area (Å²) in [6, 6.07) is 7.76. The molecule has 16 heavy (non-hydrogen) atoms. The first-order valence-electron chi connectivity index (χ1n) is 4.71. The van der Waals surface area contributed by atoms with Crippen molar-refractivity contribution in [3.8, 4) is 0 Å². The summed E-state index contributed by atoms with van der Waals surface area (Å²) in [5.74, 6) is 0.811. The summed E-state index contributed by atoms with van der Waals surface area (Å²) < 4.78 is 0. The van der Waals surface area contributed by atoms with Crippen LogP contribution in [0.5, 0.6) is 0 Å². The summed E-state index contributed by atoms with van der Waals surface area (Å²) in [6.07, 6.45) is 1.72. The van der Waals surface area contributed by atoms with Crippen LogP contribution >= 0.6 is 34.7 Å². The van der Waals surface area contributed by atoms with E-state index in [1.807, 2.05) is 24.3 Å². The van der Waals surface area contributed by atoms with Gasteiger partial charge in [0.05, 0.1) is 17.2 Å². The second kappa shape index (κ2) is 5.68. The van der Waals surface area contributed by atoms with Crippen molar-refractivity contribution in [2.24, 2.45) is 0 Å². The van der Waals surface area contributed by atoms with Gasteiger partial charge >= 0.3 is 0 Å². The number of aliphatic hydroxyl groups excluding tert-OH is 1. The van der Waals surface area contributed by atoms with Crippen LogP contribution in [-0.4, -0.2) is 10.1 Å². The van der Waals surface area contributed by atoms with Gasteiger partial charge < -0.3 is 5.11 Å². The molecule has 0 aliphatic heterocycles. The Morgan fingerprint density at radius 2 is 2.31 bits per heavy atom. The van der Waals surface area contributed by atoms with Crippen LogP contribution in [0.25, 0.3) is 0 Å².